The molecule has 2 fully saturated rings. The first kappa shape index (κ1) is 25.7. The summed E-state index contributed by atoms with van der Waals surface area (Å²) in [6.45, 7) is 8.83. The molecule has 2 aliphatic rings. The van der Waals surface area contributed by atoms with E-state index in [4.69, 9.17) is 14.2 Å². The van der Waals surface area contributed by atoms with Crippen LogP contribution in [-0.2, 0) is 14.3 Å². The SMILES string of the molecule is CCCOc1ccc(C2C(=C(O)c3cccc(OCC)c3)C(=O)C(=O)N2CCN2CCOCC2)cc1. The zero-order valence-corrected chi connectivity index (χ0v) is 20.9. The van der Waals surface area contributed by atoms with E-state index < -0.39 is 17.7 Å². The third-order valence-electron chi connectivity index (χ3n) is 6.39. The summed E-state index contributed by atoms with van der Waals surface area (Å²) in [6, 6.07) is 13.6. The minimum Gasteiger partial charge on any atom is -0.507 e. The predicted octanol–water partition coefficient (Wildman–Crippen LogP) is 3.63. The third-order valence-corrected chi connectivity index (χ3v) is 6.39. The maximum Gasteiger partial charge on any atom is 0.295 e. The quantitative estimate of drug-likeness (QED) is 0.307. The normalized spacial score (nSPS) is 20.1. The Morgan fingerprint density at radius 1 is 1.00 bits per heavy atom. The van der Waals surface area contributed by atoms with Crippen LogP contribution in [0.5, 0.6) is 11.5 Å². The Kier molecular flexibility index (Phi) is 8.61. The van der Waals surface area contributed by atoms with Crippen molar-refractivity contribution < 1.29 is 28.9 Å². The van der Waals surface area contributed by atoms with Crippen molar-refractivity contribution in [3.05, 3.63) is 65.2 Å². The van der Waals surface area contributed by atoms with Crippen molar-refractivity contribution in [1.29, 1.82) is 0 Å². The second-order valence-corrected chi connectivity index (χ2v) is 8.82. The van der Waals surface area contributed by atoms with Crippen molar-refractivity contribution in [1.82, 2.24) is 9.80 Å². The minimum absolute atomic E-state index is 0.0813. The molecular weight excluding hydrogens is 460 g/mol. The van der Waals surface area contributed by atoms with Gasteiger partial charge in [-0.1, -0.05) is 31.2 Å². The van der Waals surface area contributed by atoms with Crippen LogP contribution < -0.4 is 9.47 Å². The van der Waals surface area contributed by atoms with Gasteiger partial charge in [-0.3, -0.25) is 14.5 Å². The Balaban J connectivity index is 1.71. The largest absolute Gasteiger partial charge is 0.507 e. The van der Waals surface area contributed by atoms with Gasteiger partial charge >= 0.3 is 0 Å². The first-order valence-corrected chi connectivity index (χ1v) is 12.6. The number of likely N-dealkylation sites (tertiary alicyclic amines) is 1. The molecule has 1 atom stereocenters. The fourth-order valence-electron chi connectivity index (χ4n) is 4.55. The van der Waals surface area contributed by atoms with Gasteiger partial charge in [-0.25, -0.2) is 0 Å². The summed E-state index contributed by atoms with van der Waals surface area (Å²) in [5.41, 5.74) is 1.25. The number of morpholine rings is 1. The third kappa shape index (κ3) is 5.71. The van der Waals surface area contributed by atoms with E-state index in [1.807, 2.05) is 38.1 Å². The topological polar surface area (TPSA) is 88.5 Å². The zero-order chi connectivity index (χ0) is 25.5. The van der Waals surface area contributed by atoms with Crippen LogP contribution in [0.2, 0.25) is 0 Å². The Morgan fingerprint density at radius 3 is 2.44 bits per heavy atom. The highest BCUT2D eigenvalue weighted by atomic mass is 16.5. The van der Waals surface area contributed by atoms with Gasteiger partial charge in [0.05, 0.1) is 38.0 Å². The van der Waals surface area contributed by atoms with Gasteiger partial charge in [0.25, 0.3) is 11.7 Å². The van der Waals surface area contributed by atoms with Crippen molar-refractivity contribution >= 4 is 17.4 Å². The summed E-state index contributed by atoms with van der Waals surface area (Å²) >= 11 is 0. The number of aliphatic hydroxyl groups is 1. The number of ether oxygens (including phenoxy) is 3. The van der Waals surface area contributed by atoms with E-state index in [9.17, 15) is 14.7 Å². The van der Waals surface area contributed by atoms with Gasteiger partial charge in [0.1, 0.15) is 17.3 Å². The summed E-state index contributed by atoms with van der Waals surface area (Å²) in [5, 5.41) is 11.3. The summed E-state index contributed by atoms with van der Waals surface area (Å²) in [6.07, 6.45) is 0.893. The molecule has 2 aromatic rings. The van der Waals surface area contributed by atoms with Crippen LogP contribution in [0.25, 0.3) is 5.76 Å². The van der Waals surface area contributed by atoms with E-state index in [0.29, 0.717) is 50.8 Å². The van der Waals surface area contributed by atoms with Gasteiger partial charge in [-0.15, -0.1) is 0 Å². The molecule has 1 amide bonds. The predicted molar refractivity (Wildman–Crippen MR) is 136 cm³/mol. The van der Waals surface area contributed by atoms with Crippen LogP contribution in [-0.4, -0.2) is 79.2 Å². The fraction of sp³-hybridized carbons (Fsp3) is 0.429. The highest BCUT2D eigenvalue weighted by Crippen LogP contribution is 2.40. The lowest BCUT2D eigenvalue weighted by Crippen LogP contribution is -2.42. The molecule has 0 radical (unpaired) electrons. The van der Waals surface area contributed by atoms with Gasteiger partial charge in [0.15, 0.2) is 0 Å². The Bertz CT molecular complexity index is 1090. The number of benzene rings is 2. The molecule has 2 heterocycles. The van der Waals surface area contributed by atoms with E-state index in [2.05, 4.69) is 4.90 Å². The fourth-order valence-corrected chi connectivity index (χ4v) is 4.55. The molecule has 4 rings (SSSR count). The monoisotopic (exact) mass is 494 g/mol. The van der Waals surface area contributed by atoms with Crippen molar-refractivity contribution in [3.8, 4) is 11.5 Å². The van der Waals surface area contributed by atoms with Gasteiger partial charge in [-0.05, 0) is 43.2 Å². The number of Topliss-reactive ketones (excluding diaryl/α,β-unsaturated/α-hetero) is 1. The van der Waals surface area contributed by atoms with Crippen molar-refractivity contribution in [3.63, 3.8) is 0 Å². The Labute approximate surface area is 212 Å². The molecule has 36 heavy (non-hydrogen) atoms. The molecule has 0 bridgehead atoms. The van der Waals surface area contributed by atoms with Gasteiger partial charge in [0, 0.05) is 31.7 Å². The molecule has 0 spiro atoms. The summed E-state index contributed by atoms with van der Waals surface area (Å²) in [7, 11) is 0. The number of carbonyl (C=O) groups is 2. The zero-order valence-electron chi connectivity index (χ0n) is 20.9. The van der Waals surface area contributed by atoms with E-state index in [1.165, 1.54) is 0 Å². The molecule has 1 N–H and O–H groups in total. The van der Waals surface area contributed by atoms with Gasteiger partial charge < -0.3 is 24.2 Å². The molecule has 2 aliphatic heterocycles. The minimum atomic E-state index is -0.706. The summed E-state index contributed by atoms with van der Waals surface area (Å²) < 4.78 is 16.7. The molecule has 192 valence electrons. The molecule has 8 nitrogen and oxygen atoms in total. The van der Waals surface area contributed by atoms with Crippen molar-refractivity contribution in [2.75, 3.05) is 52.6 Å². The second kappa shape index (κ2) is 12.1. The van der Waals surface area contributed by atoms with E-state index >= 15 is 0 Å². The number of ketones is 1. The van der Waals surface area contributed by atoms with Crippen LogP contribution in [0.1, 0.15) is 37.4 Å². The van der Waals surface area contributed by atoms with E-state index in [-0.39, 0.29) is 11.3 Å². The van der Waals surface area contributed by atoms with Gasteiger partial charge in [-0.2, -0.15) is 0 Å². The molecule has 2 saturated heterocycles. The van der Waals surface area contributed by atoms with Crippen LogP contribution in [0.15, 0.2) is 54.1 Å². The highest BCUT2D eigenvalue weighted by molar-refractivity contribution is 6.46. The van der Waals surface area contributed by atoms with Crippen LogP contribution in [0.4, 0.5) is 0 Å². The number of amides is 1. The standard InChI is InChI=1S/C28H34N2O6/c1-3-16-36-22-10-8-20(9-11-22)25-24(26(31)21-6-5-7-23(19-21)35-4-2)27(32)28(33)30(25)13-12-29-14-17-34-18-15-29/h5-11,19,25,31H,3-4,12-18H2,1-2H3. The van der Waals surface area contributed by atoms with Crippen LogP contribution in [0, 0.1) is 0 Å². The smallest absolute Gasteiger partial charge is 0.295 e. The second-order valence-electron chi connectivity index (χ2n) is 8.82. The van der Waals surface area contributed by atoms with Crippen LogP contribution in [0.3, 0.4) is 0 Å². The average Bonchev–Trinajstić information content (AvgIpc) is 3.16. The summed E-state index contributed by atoms with van der Waals surface area (Å²) in [5.74, 6) is -0.206. The number of hydrogen-bond acceptors (Lipinski definition) is 7. The average molecular weight is 495 g/mol. The lowest BCUT2D eigenvalue weighted by molar-refractivity contribution is -0.140. The maximum atomic E-state index is 13.3. The molecule has 0 aromatic heterocycles. The number of rotatable bonds is 10. The van der Waals surface area contributed by atoms with Crippen LogP contribution >= 0.6 is 0 Å². The maximum absolute atomic E-state index is 13.3. The van der Waals surface area contributed by atoms with Crippen molar-refractivity contribution in [2.24, 2.45) is 0 Å². The molecule has 2 aromatic carbocycles. The molecule has 0 saturated carbocycles. The molecule has 1 unspecified atom stereocenters. The molecule has 8 heteroatoms. The lowest BCUT2D eigenvalue weighted by atomic mass is 9.95. The number of aliphatic hydroxyl groups excluding tert-OH is 1. The highest BCUT2D eigenvalue weighted by Gasteiger charge is 2.46. The van der Waals surface area contributed by atoms with E-state index in [1.54, 1.807) is 29.2 Å². The first-order valence-electron chi connectivity index (χ1n) is 12.6. The number of hydrogen-bond donors (Lipinski definition) is 1. The Hall–Kier alpha value is -3.36. The number of carbonyl (C=O) groups excluding carboxylic acids is 2. The lowest BCUT2D eigenvalue weighted by Gasteiger charge is -2.31. The van der Waals surface area contributed by atoms with Crippen molar-refractivity contribution in [2.45, 2.75) is 26.3 Å². The number of nitrogens with zero attached hydrogens (tertiary/aromatic N) is 2. The molecule has 0 aliphatic carbocycles. The van der Waals surface area contributed by atoms with E-state index in [0.717, 1.165) is 30.8 Å². The molecular formula is C28H34N2O6. The Morgan fingerprint density at radius 2 is 1.75 bits per heavy atom. The first-order chi connectivity index (χ1) is 17.5. The van der Waals surface area contributed by atoms with Gasteiger partial charge in [0.2, 0.25) is 0 Å². The summed E-state index contributed by atoms with van der Waals surface area (Å²) in [4.78, 5) is 30.3.